The molecule has 0 amide bonds. The van der Waals surface area contributed by atoms with Gasteiger partial charge in [0.15, 0.2) is 9.84 Å². The molecule has 1 aromatic rings. The molecule has 3 nitrogen and oxygen atoms in total. The molecule has 6 heteroatoms. The summed E-state index contributed by atoms with van der Waals surface area (Å²) in [6, 6.07) is 3.38. The lowest BCUT2D eigenvalue weighted by Crippen LogP contribution is -2.10. The first-order chi connectivity index (χ1) is 7.97. The summed E-state index contributed by atoms with van der Waals surface area (Å²) in [5.41, 5.74) is 5.49. The van der Waals surface area contributed by atoms with Crippen LogP contribution in [0.5, 0.6) is 0 Å². The Hall–Kier alpha value is -0.750. The Morgan fingerprint density at radius 1 is 1.41 bits per heavy atom. The third-order valence-corrected chi connectivity index (χ3v) is 5.07. The lowest BCUT2D eigenvalue weighted by molar-refractivity contribution is 0.594. The molecule has 0 saturated carbocycles. The first-order valence-corrected chi connectivity index (χ1v) is 8.13. The van der Waals surface area contributed by atoms with Gasteiger partial charge in [-0.25, -0.2) is 12.8 Å². The second kappa shape index (κ2) is 6.26. The summed E-state index contributed by atoms with van der Waals surface area (Å²) in [4.78, 5) is 0.0281. The minimum atomic E-state index is -3.39. The molecule has 17 heavy (non-hydrogen) atoms. The van der Waals surface area contributed by atoms with E-state index in [1.54, 1.807) is 11.8 Å². The number of hydrogen-bond donors (Lipinski definition) is 1. The molecule has 0 spiro atoms. The average Bonchev–Trinajstić information content (AvgIpc) is 2.24. The zero-order valence-corrected chi connectivity index (χ0v) is 11.3. The number of nitrogens with two attached hydrogens (primary N) is 1. The van der Waals surface area contributed by atoms with Crippen LogP contribution in [0.15, 0.2) is 23.1 Å². The summed E-state index contributed by atoms with van der Waals surface area (Å²) in [6.45, 7) is 2.02. The Kier molecular flexibility index (Phi) is 5.27. The maximum Gasteiger partial charge on any atom is 0.180 e. The summed E-state index contributed by atoms with van der Waals surface area (Å²) in [6.07, 6.45) is 0.581. The van der Waals surface area contributed by atoms with E-state index in [4.69, 9.17) is 5.73 Å². The van der Waals surface area contributed by atoms with Gasteiger partial charge >= 0.3 is 0 Å². The van der Waals surface area contributed by atoms with Crippen molar-refractivity contribution in [1.29, 1.82) is 0 Å². The molecule has 0 saturated heterocycles. The molecule has 0 atom stereocenters. The van der Waals surface area contributed by atoms with Crippen molar-refractivity contribution in [3.05, 3.63) is 24.0 Å². The van der Waals surface area contributed by atoms with Gasteiger partial charge in [-0.05, 0) is 36.1 Å². The monoisotopic (exact) mass is 277 g/mol. The van der Waals surface area contributed by atoms with Gasteiger partial charge in [0.05, 0.1) is 16.3 Å². The third kappa shape index (κ3) is 4.20. The molecular formula is C11H16FNO2S2. The highest BCUT2D eigenvalue weighted by molar-refractivity contribution is 7.99. The number of sulfone groups is 1. The zero-order chi connectivity index (χ0) is 12.9. The van der Waals surface area contributed by atoms with Crippen molar-refractivity contribution < 1.29 is 12.8 Å². The topological polar surface area (TPSA) is 60.2 Å². The molecule has 0 aliphatic heterocycles. The first kappa shape index (κ1) is 14.3. The standard InChI is InChI=1S/C11H16FNO2S2/c1-2-16-6-3-7-17(14,15)11-5-4-9(12)8-10(11)13/h4-5,8H,2-3,6-7,13H2,1H3. The van der Waals surface area contributed by atoms with Crippen molar-refractivity contribution in [2.75, 3.05) is 23.0 Å². The van der Waals surface area contributed by atoms with E-state index in [0.717, 1.165) is 23.6 Å². The second-order valence-corrected chi connectivity index (χ2v) is 7.02. The lowest BCUT2D eigenvalue weighted by atomic mass is 10.3. The Labute approximate surface area is 106 Å². The van der Waals surface area contributed by atoms with Crippen molar-refractivity contribution in [3.63, 3.8) is 0 Å². The number of benzene rings is 1. The maximum absolute atomic E-state index is 12.8. The van der Waals surface area contributed by atoms with Crippen LogP contribution in [0.25, 0.3) is 0 Å². The van der Waals surface area contributed by atoms with Crippen molar-refractivity contribution in [1.82, 2.24) is 0 Å². The second-order valence-electron chi connectivity index (χ2n) is 3.55. The molecule has 0 radical (unpaired) electrons. The highest BCUT2D eigenvalue weighted by Gasteiger charge is 2.17. The molecule has 96 valence electrons. The van der Waals surface area contributed by atoms with Crippen LogP contribution in [0, 0.1) is 5.82 Å². The van der Waals surface area contributed by atoms with Crippen LogP contribution < -0.4 is 5.73 Å². The van der Waals surface area contributed by atoms with Gasteiger partial charge in [-0.3, -0.25) is 0 Å². The summed E-state index contributed by atoms with van der Waals surface area (Å²) in [5.74, 6) is 1.30. The van der Waals surface area contributed by atoms with Crippen LogP contribution in [-0.4, -0.2) is 25.7 Å². The molecule has 0 bridgehead atoms. The van der Waals surface area contributed by atoms with Crippen molar-refractivity contribution >= 4 is 27.3 Å². The average molecular weight is 277 g/mol. The molecule has 2 N–H and O–H groups in total. The number of thioether (sulfide) groups is 1. The number of nitrogen functional groups attached to an aromatic ring is 1. The molecule has 0 unspecified atom stereocenters. The van der Waals surface area contributed by atoms with E-state index in [-0.39, 0.29) is 16.3 Å². The van der Waals surface area contributed by atoms with Gasteiger partial charge in [0, 0.05) is 0 Å². The van der Waals surface area contributed by atoms with Gasteiger partial charge in [0.25, 0.3) is 0 Å². The minimum absolute atomic E-state index is 0.0202. The van der Waals surface area contributed by atoms with Gasteiger partial charge in [0.2, 0.25) is 0 Å². The fourth-order valence-electron chi connectivity index (χ4n) is 1.41. The van der Waals surface area contributed by atoms with Crippen LogP contribution in [-0.2, 0) is 9.84 Å². The third-order valence-electron chi connectivity index (χ3n) is 2.21. The maximum atomic E-state index is 12.8. The van der Waals surface area contributed by atoms with Gasteiger partial charge in [0.1, 0.15) is 5.82 Å². The Morgan fingerprint density at radius 3 is 2.71 bits per heavy atom. The van der Waals surface area contributed by atoms with E-state index in [9.17, 15) is 12.8 Å². The molecule has 0 fully saturated rings. The molecule has 0 heterocycles. The quantitative estimate of drug-likeness (QED) is 0.492. The van der Waals surface area contributed by atoms with Gasteiger partial charge < -0.3 is 5.73 Å². The van der Waals surface area contributed by atoms with Crippen LogP contribution in [0.4, 0.5) is 10.1 Å². The molecular weight excluding hydrogens is 261 g/mol. The van der Waals surface area contributed by atoms with Crippen LogP contribution >= 0.6 is 11.8 Å². The largest absolute Gasteiger partial charge is 0.398 e. The van der Waals surface area contributed by atoms with Crippen LogP contribution in [0.2, 0.25) is 0 Å². The van der Waals surface area contributed by atoms with Gasteiger partial charge in [-0.1, -0.05) is 6.92 Å². The summed E-state index contributed by atoms with van der Waals surface area (Å²) in [7, 11) is -3.39. The minimum Gasteiger partial charge on any atom is -0.398 e. The summed E-state index contributed by atoms with van der Waals surface area (Å²) >= 11 is 1.69. The molecule has 0 aliphatic carbocycles. The Morgan fingerprint density at radius 2 is 2.12 bits per heavy atom. The molecule has 0 aromatic heterocycles. The number of hydrogen-bond acceptors (Lipinski definition) is 4. The number of halogens is 1. The van der Waals surface area contributed by atoms with E-state index in [1.165, 1.54) is 6.07 Å². The normalized spacial score (nSPS) is 11.6. The summed E-state index contributed by atoms with van der Waals surface area (Å²) in [5, 5.41) is 0. The summed E-state index contributed by atoms with van der Waals surface area (Å²) < 4.78 is 36.6. The van der Waals surface area contributed by atoms with E-state index in [0.29, 0.717) is 6.42 Å². The molecule has 0 aliphatic rings. The smallest absolute Gasteiger partial charge is 0.180 e. The highest BCUT2D eigenvalue weighted by Crippen LogP contribution is 2.21. The number of rotatable bonds is 6. The lowest BCUT2D eigenvalue weighted by Gasteiger charge is -2.07. The fraction of sp³-hybridized carbons (Fsp3) is 0.455. The Balaban J connectivity index is 2.76. The van der Waals surface area contributed by atoms with Gasteiger partial charge in [-0.2, -0.15) is 11.8 Å². The fourth-order valence-corrected chi connectivity index (χ4v) is 3.67. The van der Waals surface area contributed by atoms with Crippen molar-refractivity contribution in [3.8, 4) is 0 Å². The van der Waals surface area contributed by atoms with E-state index in [1.807, 2.05) is 6.92 Å². The highest BCUT2D eigenvalue weighted by atomic mass is 32.2. The SMILES string of the molecule is CCSCCCS(=O)(=O)c1ccc(F)cc1N. The van der Waals surface area contributed by atoms with Crippen molar-refractivity contribution in [2.45, 2.75) is 18.2 Å². The van der Waals surface area contributed by atoms with E-state index in [2.05, 4.69) is 0 Å². The van der Waals surface area contributed by atoms with E-state index >= 15 is 0 Å². The molecule has 1 rings (SSSR count). The zero-order valence-electron chi connectivity index (χ0n) is 9.65. The first-order valence-electron chi connectivity index (χ1n) is 5.33. The molecule has 1 aromatic carbocycles. The predicted molar refractivity (Wildman–Crippen MR) is 70.5 cm³/mol. The van der Waals surface area contributed by atoms with Gasteiger partial charge in [-0.15, -0.1) is 0 Å². The Bertz CT molecular complexity index is 474. The number of anilines is 1. The van der Waals surface area contributed by atoms with Crippen LogP contribution in [0.1, 0.15) is 13.3 Å². The van der Waals surface area contributed by atoms with Crippen LogP contribution in [0.3, 0.4) is 0 Å². The predicted octanol–water partition coefficient (Wildman–Crippen LogP) is 2.32. The van der Waals surface area contributed by atoms with Crippen molar-refractivity contribution in [2.24, 2.45) is 0 Å². The van der Waals surface area contributed by atoms with E-state index < -0.39 is 15.7 Å².